The number of nitro groups is 1. The van der Waals surface area contributed by atoms with Crippen molar-refractivity contribution in [3.8, 4) is 11.5 Å². The van der Waals surface area contributed by atoms with E-state index in [9.17, 15) is 15.2 Å². The van der Waals surface area contributed by atoms with E-state index >= 15 is 0 Å². The summed E-state index contributed by atoms with van der Waals surface area (Å²) in [4.78, 5) is 15.4. The highest BCUT2D eigenvalue weighted by atomic mass is 79.9. The lowest BCUT2D eigenvalue weighted by Gasteiger charge is -2.09. The zero-order valence-corrected chi connectivity index (χ0v) is 14.6. The van der Waals surface area contributed by atoms with Gasteiger partial charge in [-0.15, -0.1) is 0 Å². The molecule has 126 valence electrons. The van der Waals surface area contributed by atoms with Crippen LogP contribution in [0.2, 0.25) is 0 Å². The minimum absolute atomic E-state index is 0.000573. The summed E-state index contributed by atoms with van der Waals surface area (Å²) in [5.74, 6) is 0.353. The van der Waals surface area contributed by atoms with Gasteiger partial charge in [-0.3, -0.25) is 10.1 Å². The van der Waals surface area contributed by atoms with Crippen molar-refractivity contribution in [2.24, 2.45) is 5.16 Å². The van der Waals surface area contributed by atoms with Crippen LogP contribution >= 0.6 is 15.9 Å². The Balaban J connectivity index is 2.06. The molecule has 0 fully saturated rings. The second kappa shape index (κ2) is 7.78. The molecule has 0 bridgehead atoms. The summed E-state index contributed by atoms with van der Waals surface area (Å²) in [5, 5.41) is 24.4. The number of methoxy groups -OCH3 is 1. The van der Waals surface area contributed by atoms with Gasteiger partial charge >= 0.3 is 0 Å². The summed E-state index contributed by atoms with van der Waals surface area (Å²) in [7, 11) is 1.47. The topological polar surface area (TPSA) is 94.2 Å². The van der Waals surface area contributed by atoms with Crippen LogP contribution in [0.25, 0.3) is 0 Å². The van der Waals surface area contributed by atoms with Crippen molar-refractivity contribution in [3.63, 3.8) is 0 Å². The predicted molar refractivity (Wildman–Crippen MR) is 92.5 cm³/mol. The second-order valence-electron chi connectivity index (χ2n) is 4.88. The SMILES string of the molecule is COc1cc(Br)c(/C(C)=N\OCc2ccc([N+](=O)[O-])cc2)cc1O. The van der Waals surface area contributed by atoms with E-state index in [1.165, 1.54) is 25.3 Å². The van der Waals surface area contributed by atoms with Gasteiger partial charge in [-0.2, -0.15) is 0 Å². The van der Waals surface area contributed by atoms with E-state index in [-0.39, 0.29) is 18.0 Å². The molecule has 0 unspecified atom stereocenters. The first-order valence-corrected chi connectivity index (χ1v) is 7.68. The van der Waals surface area contributed by atoms with Crippen LogP contribution in [-0.4, -0.2) is 22.9 Å². The fourth-order valence-corrected chi connectivity index (χ4v) is 2.56. The average Bonchev–Trinajstić information content (AvgIpc) is 2.56. The van der Waals surface area contributed by atoms with Crippen LogP contribution in [0.5, 0.6) is 11.5 Å². The fraction of sp³-hybridized carbons (Fsp3) is 0.188. The summed E-state index contributed by atoms with van der Waals surface area (Å²) >= 11 is 3.39. The highest BCUT2D eigenvalue weighted by Crippen LogP contribution is 2.32. The number of nitrogens with zero attached hydrogens (tertiary/aromatic N) is 2. The Hall–Kier alpha value is -2.61. The summed E-state index contributed by atoms with van der Waals surface area (Å²) in [6, 6.07) is 9.20. The van der Waals surface area contributed by atoms with Crippen molar-refractivity contribution in [2.75, 3.05) is 7.11 Å². The average molecular weight is 395 g/mol. The van der Waals surface area contributed by atoms with E-state index in [0.29, 0.717) is 21.5 Å². The molecule has 0 radical (unpaired) electrons. The molecule has 2 aromatic carbocycles. The van der Waals surface area contributed by atoms with Gasteiger partial charge in [0.2, 0.25) is 0 Å². The van der Waals surface area contributed by atoms with E-state index in [2.05, 4.69) is 21.1 Å². The van der Waals surface area contributed by atoms with Crippen LogP contribution in [0, 0.1) is 10.1 Å². The number of phenolic OH excluding ortho intramolecular Hbond substituents is 1. The molecule has 8 heteroatoms. The Morgan fingerprint density at radius 2 is 2.00 bits per heavy atom. The molecular formula is C16H15BrN2O5. The quantitative estimate of drug-likeness (QED) is 0.453. The summed E-state index contributed by atoms with van der Waals surface area (Å²) in [6.07, 6.45) is 0. The molecule has 24 heavy (non-hydrogen) atoms. The van der Waals surface area contributed by atoms with Gasteiger partial charge in [0.15, 0.2) is 11.5 Å². The van der Waals surface area contributed by atoms with Gasteiger partial charge in [-0.1, -0.05) is 5.16 Å². The van der Waals surface area contributed by atoms with Crippen molar-refractivity contribution in [2.45, 2.75) is 13.5 Å². The number of hydrogen-bond acceptors (Lipinski definition) is 6. The third-order valence-electron chi connectivity index (χ3n) is 3.24. The number of nitro benzene ring substituents is 1. The summed E-state index contributed by atoms with van der Waals surface area (Å²) in [5.41, 5.74) is 2.00. The van der Waals surface area contributed by atoms with E-state index < -0.39 is 4.92 Å². The Labute approximate surface area is 146 Å². The van der Waals surface area contributed by atoms with Crippen LogP contribution < -0.4 is 4.74 Å². The van der Waals surface area contributed by atoms with E-state index in [1.807, 2.05) is 0 Å². The number of benzene rings is 2. The number of hydrogen-bond donors (Lipinski definition) is 1. The van der Waals surface area contributed by atoms with Crippen LogP contribution in [0.1, 0.15) is 18.1 Å². The molecular weight excluding hydrogens is 380 g/mol. The fourth-order valence-electron chi connectivity index (χ4n) is 1.95. The molecule has 0 heterocycles. The van der Waals surface area contributed by atoms with Gasteiger partial charge in [0.25, 0.3) is 5.69 Å². The summed E-state index contributed by atoms with van der Waals surface area (Å²) in [6.45, 7) is 1.91. The Morgan fingerprint density at radius 1 is 1.33 bits per heavy atom. The molecule has 0 amide bonds. The standard InChI is InChI=1S/C16H15BrN2O5/c1-10(13-7-15(20)16(23-2)8-14(13)17)18-24-9-11-3-5-12(6-4-11)19(21)22/h3-8,20H,9H2,1-2H3/b18-10-. The highest BCUT2D eigenvalue weighted by molar-refractivity contribution is 9.10. The van der Waals surface area contributed by atoms with Crippen LogP contribution in [0.3, 0.4) is 0 Å². The number of halogens is 1. The first-order valence-electron chi connectivity index (χ1n) is 6.89. The van der Waals surface area contributed by atoms with Gasteiger partial charge in [-0.05, 0) is 52.7 Å². The number of non-ortho nitro benzene ring substituents is 1. The maximum atomic E-state index is 10.6. The minimum Gasteiger partial charge on any atom is -0.504 e. The zero-order valence-electron chi connectivity index (χ0n) is 13.0. The molecule has 0 spiro atoms. The maximum absolute atomic E-state index is 10.6. The molecule has 7 nitrogen and oxygen atoms in total. The van der Waals surface area contributed by atoms with Crippen molar-refractivity contribution in [1.29, 1.82) is 0 Å². The Bertz CT molecular complexity index is 775. The number of ether oxygens (including phenoxy) is 1. The van der Waals surface area contributed by atoms with Gasteiger partial charge in [0, 0.05) is 22.2 Å². The molecule has 0 aliphatic carbocycles. The first-order chi connectivity index (χ1) is 11.4. The van der Waals surface area contributed by atoms with Crippen molar-refractivity contribution >= 4 is 27.3 Å². The zero-order chi connectivity index (χ0) is 17.7. The van der Waals surface area contributed by atoms with Crippen molar-refractivity contribution < 1.29 is 19.6 Å². The molecule has 2 aromatic rings. The Morgan fingerprint density at radius 3 is 2.58 bits per heavy atom. The highest BCUT2D eigenvalue weighted by Gasteiger charge is 2.11. The lowest BCUT2D eigenvalue weighted by Crippen LogP contribution is -1.99. The van der Waals surface area contributed by atoms with Crippen LogP contribution in [0.15, 0.2) is 46.0 Å². The molecule has 0 aliphatic heterocycles. The molecule has 1 N–H and O–H groups in total. The smallest absolute Gasteiger partial charge is 0.269 e. The maximum Gasteiger partial charge on any atom is 0.269 e. The van der Waals surface area contributed by atoms with E-state index in [0.717, 1.165) is 5.56 Å². The molecule has 0 atom stereocenters. The monoisotopic (exact) mass is 394 g/mol. The van der Waals surface area contributed by atoms with Crippen molar-refractivity contribution in [3.05, 3.63) is 62.1 Å². The van der Waals surface area contributed by atoms with Gasteiger partial charge < -0.3 is 14.7 Å². The van der Waals surface area contributed by atoms with E-state index in [1.54, 1.807) is 25.1 Å². The van der Waals surface area contributed by atoms with Gasteiger partial charge in [-0.25, -0.2) is 0 Å². The lowest BCUT2D eigenvalue weighted by molar-refractivity contribution is -0.384. The second-order valence-corrected chi connectivity index (χ2v) is 5.73. The van der Waals surface area contributed by atoms with Gasteiger partial charge in [0.05, 0.1) is 17.7 Å². The number of phenols is 1. The first kappa shape index (κ1) is 17.7. The molecule has 0 saturated carbocycles. The minimum atomic E-state index is -0.458. The summed E-state index contributed by atoms with van der Waals surface area (Å²) < 4.78 is 5.73. The Kier molecular flexibility index (Phi) is 5.75. The molecule has 0 saturated heterocycles. The third-order valence-corrected chi connectivity index (χ3v) is 3.89. The van der Waals surface area contributed by atoms with Crippen LogP contribution in [-0.2, 0) is 11.4 Å². The van der Waals surface area contributed by atoms with Crippen molar-refractivity contribution in [1.82, 2.24) is 0 Å². The third kappa shape index (κ3) is 4.23. The predicted octanol–water partition coefficient (Wildman–Crippen LogP) is 4.01. The number of oxime groups is 1. The normalized spacial score (nSPS) is 11.2. The largest absolute Gasteiger partial charge is 0.504 e. The number of aromatic hydroxyl groups is 1. The van der Waals surface area contributed by atoms with E-state index in [4.69, 9.17) is 9.57 Å². The molecule has 2 rings (SSSR count). The van der Waals surface area contributed by atoms with Gasteiger partial charge in [0.1, 0.15) is 6.61 Å². The molecule has 0 aliphatic rings. The molecule has 0 aromatic heterocycles. The van der Waals surface area contributed by atoms with Crippen LogP contribution in [0.4, 0.5) is 5.69 Å². The lowest BCUT2D eigenvalue weighted by atomic mass is 10.1. The number of rotatable bonds is 6.